The molecule has 2 nitrogen and oxygen atoms in total. The fourth-order valence-corrected chi connectivity index (χ4v) is 1.71. The Kier molecular flexibility index (Phi) is 3.93. The summed E-state index contributed by atoms with van der Waals surface area (Å²) in [5, 5.41) is 0. The minimum atomic E-state index is -2.22. The maximum atomic E-state index is 13.6. The van der Waals surface area contributed by atoms with Crippen molar-refractivity contribution >= 4 is 5.97 Å². The van der Waals surface area contributed by atoms with Crippen LogP contribution < -0.4 is 4.74 Å². The van der Waals surface area contributed by atoms with Crippen LogP contribution in [0.2, 0.25) is 0 Å². The van der Waals surface area contributed by atoms with E-state index in [-0.39, 0.29) is 11.3 Å². The second-order valence-corrected chi connectivity index (χ2v) is 4.06. The van der Waals surface area contributed by atoms with Crippen LogP contribution in [0.4, 0.5) is 22.0 Å². The predicted molar refractivity (Wildman–Crippen MR) is 63.0 cm³/mol. The molecule has 110 valence electrons. The second-order valence-electron chi connectivity index (χ2n) is 4.06. The molecular formula is C14H7F5O2. The second kappa shape index (κ2) is 5.51. The van der Waals surface area contributed by atoms with Crippen molar-refractivity contribution in [1.82, 2.24) is 0 Å². The zero-order chi connectivity index (χ0) is 15.7. The van der Waals surface area contributed by atoms with Gasteiger partial charge in [0.05, 0.1) is 5.56 Å². The molecule has 0 saturated heterocycles. The van der Waals surface area contributed by atoms with Crippen molar-refractivity contribution in [3.05, 3.63) is 53.4 Å². The van der Waals surface area contributed by atoms with E-state index in [0.717, 1.165) is 19.1 Å². The summed E-state index contributed by atoms with van der Waals surface area (Å²) in [6.07, 6.45) is 0. The van der Waals surface area contributed by atoms with Gasteiger partial charge in [-0.3, -0.25) is 4.79 Å². The molecule has 0 N–H and O–H groups in total. The van der Waals surface area contributed by atoms with Crippen molar-refractivity contribution in [2.75, 3.05) is 0 Å². The number of esters is 1. The lowest BCUT2D eigenvalue weighted by Gasteiger charge is -2.09. The zero-order valence-electron chi connectivity index (χ0n) is 10.5. The lowest BCUT2D eigenvalue weighted by Crippen LogP contribution is -2.04. The van der Waals surface area contributed by atoms with E-state index >= 15 is 0 Å². The van der Waals surface area contributed by atoms with Gasteiger partial charge in [-0.05, 0) is 17.7 Å². The van der Waals surface area contributed by atoms with Crippen molar-refractivity contribution in [3.8, 4) is 16.9 Å². The molecule has 0 heterocycles. The lowest BCUT2D eigenvalue weighted by molar-refractivity contribution is -0.131. The van der Waals surface area contributed by atoms with Crippen LogP contribution in [0.5, 0.6) is 5.75 Å². The Hall–Kier alpha value is -2.44. The Labute approximate surface area is 115 Å². The van der Waals surface area contributed by atoms with Gasteiger partial charge >= 0.3 is 5.97 Å². The molecule has 0 aliphatic carbocycles. The summed E-state index contributed by atoms with van der Waals surface area (Å²) < 4.78 is 71.0. The molecule has 0 aliphatic rings. The number of rotatable bonds is 2. The van der Waals surface area contributed by atoms with Gasteiger partial charge in [-0.15, -0.1) is 0 Å². The van der Waals surface area contributed by atoms with Crippen molar-refractivity contribution in [2.45, 2.75) is 6.92 Å². The Balaban J connectivity index is 2.54. The normalized spacial score (nSPS) is 10.6. The molecule has 2 rings (SSSR count). The highest BCUT2D eigenvalue weighted by Gasteiger charge is 2.26. The smallest absolute Gasteiger partial charge is 0.308 e. The molecule has 0 fully saturated rings. The first-order valence-corrected chi connectivity index (χ1v) is 5.63. The first kappa shape index (κ1) is 15.0. The Morgan fingerprint density at radius 3 is 1.67 bits per heavy atom. The molecule has 7 heteroatoms. The number of hydrogen-bond donors (Lipinski definition) is 0. The molecule has 0 aromatic heterocycles. The molecule has 0 bridgehead atoms. The minimum Gasteiger partial charge on any atom is -0.427 e. The van der Waals surface area contributed by atoms with Crippen LogP contribution in [0.1, 0.15) is 6.92 Å². The van der Waals surface area contributed by atoms with Crippen LogP contribution >= 0.6 is 0 Å². The highest BCUT2D eigenvalue weighted by atomic mass is 19.2. The number of halogens is 5. The number of hydrogen-bond acceptors (Lipinski definition) is 2. The molecule has 0 radical (unpaired) electrons. The highest BCUT2D eigenvalue weighted by Crippen LogP contribution is 2.32. The van der Waals surface area contributed by atoms with Gasteiger partial charge in [0.25, 0.3) is 0 Å². The van der Waals surface area contributed by atoms with Gasteiger partial charge in [0.15, 0.2) is 23.3 Å². The van der Waals surface area contributed by atoms with Crippen molar-refractivity contribution in [2.24, 2.45) is 0 Å². The maximum Gasteiger partial charge on any atom is 0.308 e. The van der Waals surface area contributed by atoms with Crippen LogP contribution in [0, 0.1) is 29.1 Å². The molecule has 0 unspecified atom stereocenters. The van der Waals surface area contributed by atoms with Gasteiger partial charge in [-0.25, -0.2) is 22.0 Å². The molecule has 21 heavy (non-hydrogen) atoms. The molecular weight excluding hydrogens is 295 g/mol. The molecule has 0 saturated carbocycles. The standard InChI is InChI=1S/C14H7F5O2/c1-6(20)21-8-4-2-7(3-5-8)9-10(15)12(17)14(19)13(18)11(9)16/h2-5H,1H3. The largest absolute Gasteiger partial charge is 0.427 e. The summed E-state index contributed by atoms with van der Waals surface area (Å²) >= 11 is 0. The quantitative estimate of drug-likeness (QED) is 0.276. The maximum absolute atomic E-state index is 13.6. The van der Waals surface area contributed by atoms with E-state index < -0.39 is 40.6 Å². The summed E-state index contributed by atoms with van der Waals surface area (Å²) in [4.78, 5) is 10.7. The third kappa shape index (κ3) is 2.72. The van der Waals surface area contributed by atoms with Gasteiger partial charge in [-0.1, -0.05) is 12.1 Å². The highest BCUT2D eigenvalue weighted by molar-refractivity contribution is 5.70. The Bertz CT molecular complexity index is 681. The number of carbonyl (C=O) groups is 1. The first-order chi connectivity index (χ1) is 9.82. The van der Waals surface area contributed by atoms with Crippen molar-refractivity contribution < 1.29 is 31.5 Å². The van der Waals surface area contributed by atoms with E-state index in [0.29, 0.717) is 0 Å². The monoisotopic (exact) mass is 302 g/mol. The van der Waals surface area contributed by atoms with E-state index in [4.69, 9.17) is 4.74 Å². The molecule has 0 aliphatic heterocycles. The fourth-order valence-electron chi connectivity index (χ4n) is 1.71. The van der Waals surface area contributed by atoms with Crippen LogP contribution in [-0.2, 0) is 4.79 Å². The zero-order valence-corrected chi connectivity index (χ0v) is 10.5. The van der Waals surface area contributed by atoms with Gasteiger partial charge < -0.3 is 4.74 Å². The van der Waals surface area contributed by atoms with Gasteiger partial charge in [-0.2, -0.15) is 0 Å². The van der Waals surface area contributed by atoms with E-state index in [1.54, 1.807) is 0 Å². The third-order valence-electron chi connectivity index (χ3n) is 2.61. The van der Waals surface area contributed by atoms with Crippen LogP contribution in [0.25, 0.3) is 11.1 Å². The number of carbonyl (C=O) groups excluding carboxylic acids is 1. The molecule has 0 spiro atoms. The number of ether oxygens (including phenoxy) is 1. The van der Waals surface area contributed by atoms with Crippen molar-refractivity contribution in [1.29, 1.82) is 0 Å². The minimum absolute atomic E-state index is 0.0788. The van der Waals surface area contributed by atoms with E-state index in [2.05, 4.69) is 0 Å². The Morgan fingerprint density at radius 1 is 0.810 bits per heavy atom. The molecule has 0 atom stereocenters. The van der Waals surface area contributed by atoms with Gasteiger partial charge in [0.1, 0.15) is 5.75 Å². The summed E-state index contributed by atoms with van der Waals surface area (Å²) in [6, 6.07) is 4.51. The first-order valence-electron chi connectivity index (χ1n) is 5.63. The van der Waals surface area contributed by atoms with E-state index in [1.807, 2.05) is 0 Å². The number of benzene rings is 2. The lowest BCUT2D eigenvalue weighted by atomic mass is 10.0. The van der Waals surface area contributed by atoms with E-state index in [9.17, 15) is 26.7 Å². The fraction of sp³-hybridized carbons (Fsp3) is 0.0714. The van der Waals surface area contributed by atoms with Crippen LogP contribution in [-0.4, -0.2) is 5.97 Å². The predicted octanol–water partition coefficient (Wildman–Crippen LogP) is 3.97. The average Bonchev–Trinajstić information content (AvgIpc) is 2.44. The summed E-state index contributed by atoms with van der Waals surface area (Å²) in [7, 11) is 0. The molecule has 2 aromatic carbocycles. The molecule has 2 aromatic rings. The van der Waals surface area contributed by atoms with Gasteiger partial charge in [0, 0.05) is 6.92 Å². The average molecular weight is 302 g/mol. The van der Waals surface area contributed by atoms with Crippen LogP contribution in [0.15, 0.2) is 24.3 Å². The summed E-state index contributed by atoms with van der Waals surface area (Å²) in [5.74, 6) is -10.6. The van der Waals surface area contributed by atoms with Crippen molar-refractivity contribution in [3.63, 3.8) is 0 Å². The summed E-state index contributed by atoms with van der Waals surface area (Å²) in [5.41, 5.74) is -1.28. The Morgan fingerprint density at radius 2 is 1.24 bits per heavy atom. The van der Waals surface area contributed by atoms with E-state index in [1.165, 1.54) is 12.1 Å². The third-order valence-corrected chi connectivity index (χ3v) is 2.61. The topological polar surface area (TPSA) is 26.3 Å². The molecule has 0 amide bonds. The van der Waals surface area contributed by atoms with Gasteiger partial charge in [0.2, 0.25) is 5.82 Å². The SMILES string of the molecule is CC(=O)Oc1ccc(-c2c(F)c(F)c(F)c(F)c2F)cc1. The van der Waals surface area contributed by atoms with Crippen LogP contribution in [0.3, 0.4) is 0 Å². The summed E-state index contributed by atoms with van der Waals surface area (Å²) in [6.45, 7) is 1.15.